The molecular weight excluding hydrogens is 785 g/mol. The van der Waals surface area contributed by atoms with Crippen molar-refractivity contribution in [2.45, 2.75) is 259 Å². The molecule has 8 aliphatic carbocycles. The Morgan fingerprint density at radius 1 is 0.188 bits per heavy atom. The van der Waals surface area contributed by atoms with Gasteiger partial charge in [-0.1, -0.05) is 158 Å². The number of nitrogens with one attached hydrogen (secondary N) is 8. The third-order valence-electron chi connectivity index (χ3n) is 21.4. The van der Waals surface area contributed by atoms with E-state index < -0.39 is 0 Å². The summed E-state index contributed by atoms with van der Waals surface area (Å²) in [6.45, 7) is 16.0. The van der Waals surface area contributed by atoms with Crippen molar-refractivity contribution in [2.75, 3.05) is 0 Å². The van der Waals surface area contributed by atoms with Crippen LogP contribution in [0.1, 0.15) is 209 Å². The van der Waals surface area contributed by atoms with Crippen LogP contribution in [0.5, 0.6) is 0 Å². The van der Waals surface area contributed by atoms with Gasteiger partial charge in [0.1, 0.15) is 0 Å². The van der Waals surface area contributed by atoms with Crippen LogP contribution in [-0.4, -0.2) is 49.3 Å². The zero-order valence-corrected chi connectivity index (χ0v) is 42.8. The first-order chi connectivity index (χ1) is 31.7. The van der Waals surface area contributed by atoms with Gasteiger partial charge in [-0.05, 0) is 146 Å². The van der Waals surface area contributed by atoms with E-state index in [4.69, 9.17) is 0 Å². The number of hydrogen-bond donors (Lipinski definition) is 8. The van der Waals surface area contributed by atoms with E-state index in [0.717, 1.165) is 94.7 Å². The lowest BCUT2D eigenvalue weighted by Gasteiger charge is -2.46. The standard InChI is InChI=1S/C48H80N8.4C2H6/c1-2-10-26-18-34-33(17-25(26)9-1)41-49-42(34)54-44-37-21-29-13-5-6-14-30(29)22-38(37)46(51-44)56-48-40-24-32-16-8-7-15-31(32)23-39(40)47(52-48)55-45-36-20-28-12-4-3-11-27(28)19-35(36)43(50-45)53-41;4*1-2/h25-56H,1-24H2;4*1-2H3. The topological polar surface area (TPSA) is 96.2 Å². The highest BCUT2D eigenvalue weighted by molar-refractivity contribution is 5.11. The van der Waals surface area contributed by atoms with Gasteiger partial charge in [-0.2, -0.15) is 0 Å². The Labute approximate surface area is 394 Å². The molecule has 5 aliphatic heterocycles. The van der Waals surface area contributed by atoms with Gasteiger partial charge >= 0.3 is 0 Å². The van der Waals surface area contributed by atoms with Crippen molar-refractivity contribution in [1.82, 2.24) is 42.5 Å². The van der Waals surface area contributed by atoms with E-state index in [-0.39, 0.29) is 0 Å². The van der Waals surface area contributed by atoms with E-state index >= 15 is 0 Å². The Kier molecular flexibility index (Phi) is 16.9. The fourth-order valence-corrected chi connectivity index (χ4v) is 18.8. The predicted molar refractivity (Wildman–Crippen MR) is 267 cm³/mol. The Morgan fingerprint density at radius 2 is 0.297 bits per heavy atom. The van der Waals surface area contributed by atoms with Crippen LogP contribution >= 0.6 is 0 Å². The Bertz CT molecular complexity index is 1120. The van der Waals surface area contributed by atoms with Crippen molar-refractivity contribution in [3.05, 3.63) is 0 Å². The molecule has 13 fully saturated rings. The van der Waals surface area contributed by atoms with Crippen molar-refractivity contribution in [3.63, 3.8) is 0 Å². The molecule has 13 aliphatic rings. The highest BCUT2D eigenvalue weighted by Gasteiger charge is 2.58. The molecule has 0 radical (unpaired) electrons. The SMILES string of the molecule is C1CCC2CC3C4NC(NC5NC(NC6NC(NC7NC(N4)C4CC8CCCCC8CC74)C4CC7CCCCC7CC64)C4CC6CCCCC6CC54)C3CC2C1.CC.CC.CC.CC. The van der Waals surface area contributed by atoms with Gasteiger partial charge in [-0.25, -0.2) is 0 Å². The number of fused-ring (bicyclic) bond motifs is 24. The molecule has 16 unspecified atom stereocenters. The normalized spacial score (nSPS) is 52.9. The van der Waals surface area contributed by atoms with Crippen molar-refractivity contribution >= 4 is 0 Å². The minimum Gasteiger partial charge on any atom is -0.286 e. The molecule has 0 aromatic carbocycles. The Balaban J connectivity index is 0.000000617. The van der Waals surface area contributed by atoms with Crippen molar-refractivity contribution in [3.8, 4) is 0 Å². The minimum absolute atomic E-state index is 0.411. The van der Waals surface area contributed by atoms with Gasteiger partial charge in [-0.3, -0.25) is 42.5 Å². The van der Waals surface area contributed by atoms with Gasteiger partial charge < -0.3 is 0 Å². The van der Waals surface area contributed by atoms with E-state index in [9.17, 15) is 0 Å². The van der Waals surface area contributed by atoms with Crippen LogP contribution in [0, 0.1) is 94.7 Å². The lowest BCUT2D eigenvalue weighted by Crippen LogP contribution is -2.61. The van der Waals surface area contributed by atoms with Crippen LogP contribution < -0.4 is 42.5 Å². The summed E-state index contributed by atoms with van der Waals surface area (Å²) in [7, 11) is 0. The fourth-order valence-electron chi connectivity index (χ4n) is 18.8. The molecule has 368 valence electrons. The second kappa shape index (κ2) is 22.2. The first-order valence-corrected chi connectivity index (χ1v) is 29.8. The quantitative estimate of drug-likeness (QED) is 0.122. The average Bonchev–Trinajstić information content (AvgIpc) is 4.08. The lowest BCUT2D eigenvalue weighted by molar-refractivity contribution is 0.0496. The third-order valence-corrected chi connectivity index (χ3v) is 21.4. The van der Waals surface area contributed by atoms with Gasteiger partial charge in [0.15, 0.2) is 0 Å². The number of rotatable bonds is 0. The van der Waals surface area contributed by atoms with Gasteiger partial charge in [0.25, 0.3) is 0 Å². The highest BCUT2D eigenvalue weighted by Crippen LogP contribution is 2.55. The summed E-state index contributed by atoms with van der Waals surface area (Å²) >= 11 is 0. The monoisotopic (exact) mass is 889 g/mol. The van der Waals surface area contributed by atoms with Gasteiger partial charge in [0.2, 0.25) is 0 Å². The van der Waals surface area contributed by atoms with Crippen LogP contribution in [-0.2, 0) is 0 Å². The average molecular weight is 890 g/mol. The van der Waals surface area contributed by atoms with Crippen LogP contribution in [0.3, 0.4) is 0 Å². The predicted octanol–water partition coefficient (Wildman–Crippen LogP) is 10.8. The first-order valence-electron chi connectivity index (χ1n) is 29.8. The van der Waals surface area contributed by atoms with Crippen molar-refractivity contribution in [2.24, 2.45) is 94.7 Å². The molecule has 5 heterocycles. The highest BCUT2D eigenvalue weighted by atomic mass is 15.4. The molecule has 0 amide bonds. The van der Waals surface area contributed by atoms with Gasteiger partial charge in [-0.15, -0.1) is 0 Å². The lowest BCUT2D eigenvalue weighted by atomic mass is 9.62. The van der Waals surface area contributed by atoms with E-state index in [2.05, 4.69) is 42.5 Å². The van der Waals surface area contributed by atoms with Crippen LogP contribution in [0.4, 0.5) is 0 Å². The molecule has 8 bridgehead atoms. The fraction of sp³-hybridized carbons (Fsp3) is 1.00. The molecule has 5 saturated heterocycles. The maximum absolute atomic E-state index is 4.53. The smallest absolute Gasteiger partial charge is 0.0628 e. The van der Waals surface area contributed by atoms with Crippen molar-refractivity contribution < 1.29 is 0 Å². The summed E-state index contributed by atoms with van der Waals surface area (Å²) in [4.78, 5) is 0. The van der Waals surface area contributed by atoms with E-state index in [0.29, 0.717) is 49.3 Å². The molecule has 8 N–H and O–H groups in total. The molecule has 8 saturated carbocycles. The Hall–Kier alpha value is -0.320. The maximum atomic E-state index is 4.53. The third kappa shape index (κ3) is 9.37. The summed E-state index contributed by atoms with van der Waals surface area (Å²) in [6, 6.07) is 0. The molecule has 0 aromatic rings. The van der Waals surface area contributed by atoms with Crippen LogP contribution in [0.25, 0.3) is 0 Å². The zero-order valence-electron chi connectivity index (χ0n) is 42.8. The van der Waals surface area contributed by atoms with Crippen LogP contribution in [0.2, 0.25) is 0 Å². The molecule has 8 heteroatoms. The molecule has 16 atom stereocenters. The van der Waals surface area contributed by atoms with Gasteiger partial charge in [0.05, 0.1) is 49.3 Å². The Morgan fingerprint density at radius 3 is 0.406 bits per heavy atom. The molecule has 13 rings (SSSR count). The van der Waals surface area contributed by atoms with Gasteiger partial charge in [0, 0.05) is 0 Å². The summed E-state index contributed by atoms with van der Waals surface area (Å²) in [6.07, 6.45) is 38.6. The molecule has 64 heavy (non-hydrogen) atoms. The first kappa shape index (κ1) is 48.7. The van der Waals surface area contributed by atoms with Crippen molar-refractivity contribution in [1.29, 1.82) is 0 Å². The summed E-state index contributed by atoms with van der Waals surface area (Å²) in [5.41, 5.74) is 0. The maximum Gasteiger partial charge on any atom is 0.0628 e. The largest absolute Gasteiger partial charge is 0.286 e. The number of hydrogen-bond acceptors (Lipinski definition) is 8. The van der Waals surface area contributed by atoms with Crippen LogP contribution in [0.15, 0.2) is 0 Å². The van der Waals surface area contributed by atoms with E-state index in [1.54, 1.807) is 0 Å². The second-order valence-corrected chi connectivity index (χ2v) is 23.6. The molecular formula is C56H104N8. The molecule has 0 aromatic heterocycles. The minimum atomic E-state index is 0.411. The second-order valence-electron chi connectivity index (χ2n) is 23.6. The molecule has 0 spiro atoms. The summed E-state index contributed by atoms with van der Waals surface area (Å²) < 4.78 is 0. The summed E-state index contributed by atoms with van der Waals surface area (Å²) in [5, 5.41) is 35.9. The van der Waals surface area contributed by atoms with E-state index in [1.165, 1.54) is 154 Å². The summed E-state index contributed by atoms with van der Waals surface area (Å²) in [5.74, 6) is 13.6. The zero-order chi connectivity index (χ0) is 44.5. The van der Waals surface area contributed by atoms with E-state index in [1.807, 2.05) is 55.4 Å². The molecule has 8 nitrogen and oxygen atoms in total.